The lowest BCUT2D eigenvalue weighted by Crippen LogP contribution is -2.44. The summed E-state index contributed by atoms with van der Waals surface area (Å²) in [5.41, 5.74) is 10.5. The molecule has 22 heavy (non-hydrogen) atoms. The van der Waals surface area contributed by atoms with Crippen LogP contribution in [0.2, 0.25) is 0 Å². The summed E-state index contributed by atoms with van der Waals surface area (Å²) < 4.78 is 27.9. The first kappa shape index (κ1) is 18.4. The first-order valence-corrected chi connectivity index (χ1v) is 9.28. The molecule has 0 spiro atoms. The fourth-order valence-corrected chi connectivity index (χ4v) is 2.96. The summed E-state index contributed by atoms with van der Waals surface area (Å²) >= 11 is 2.66. The van der Waals surface area contributed by atoms with Crippen molar-refractivity contribution >= 4 is 50.6 Å². The van der Waals surface area contributed by atoms with Gasteiger partial charge in [-0.15, -0.1) is 0 Å². The fraction of sp³-hybridized carbons (Fsp3) is 0.500. The van der Waals surface area contributed by atoms with Crippen molar-refractivity contribution in [2.75, 3.05) is 19.3 Å². The minimum Gasteiger partial charge on any atom is -0.370 e. The van der Waals surface area contributed by atoms with Gasteiger partial charge < -0.3 is 16.8 Å². The van der Waals surface area contributed by atoms with E-state index < -0.39 is 10.2 Å². The lowest BCUT2D eigenvalue weighted by atomic mass is 10.7. The zero-order valence-corrected chi connectivity index (χ0v) is 14.1. The lowest BCUT2D eigenvalue weighted by Gasteiger charge is -2.09. The number of nitrogens with two attached hydrogens (primary N) is 3. The molecule has 0 saturated heterocycles. The Morgan fingerprint density at radius 2 is 2.18 bits per heavy atom. The number of hydrogen-bond donors (Lipinski definition) is 5. The van der Waals surface area contributed by atoms with Gasteiger partial charge in [0.05, 0.1) is 5.75 Å². The Labute approximate surface area is 136 Å². The van der Waals surface area contributed by atoms with Crippen molar-refractivity contribution in [3.05, 3.63) is 5.82 Å². The quantitative estimate of drug-likeness (QED) is 0.209. The van der Waals surface area contributed by atoms with E-state index in [9.17, 15) is 8.42 Å². The molecule has 1 heterocycles. The maximum atomic E-state index is 10.8. The molecular weight excluding hydrogens is 350 g/mol. The molecule has 0 bridgehead atoms. The maximum Gasteiger partial charge on any atom is 0.298 e. The molecule has 1 aromatic rings. The Bertz CT molecular complexity index is 635. The number of nitrogens with one attached hydrogen (secondary N) is 2. The Morgan fingerprint density at radius 3 is 2.77 bits per heavy atom. The monoisotopic (exact) mass is 367 g/mol. The molecule has 0 radical (unpaired) electrons. The summed E-state index contributed by atoms with van der Waals surface area (Å²) in [5, 5.41) is 8.06. The fourth-order valence-electron chi connectivity index (χ4n) is 1.16. The van der Waals surface area contributed by atoms with Crippen LogP contribution in [0, 0.1) is 0 Å². The van der Waals surface area contributed by atoms with E-state index in [1.54, 1.807) is 11.8 Å². The standard InChI is InChI=1S/C8H17N9O2S3/c1-12-7(17-22(11,18)19)13-2-3-20-4-5-14-8(21-16-5)15-6(9)10/h2-4H2,1H3,(H2,11,18,19)(H2,12,13,17)(H4,9,10,14,15,16). The number of guanidine groups is 2. The molecule has 0 aliphatic heterocycles. The van der Waals surface area contributed by atoms with Gasteiger partial charge >= 0.3 is 0 Å². The van der Waals surface area contributed by atoms with Crippen LogP contribution in [0.15, 0.2) is 9.98 Å². The second-order valence-electron chi connectivity index (χ2n) is 3.73. The third-order valence-corrected chi connectivity index (χ3v) is 4.00. The molecule has 8 N–H and O–H groups in total. The van der Waals surface area contributed by atoms with Crippen LogP contribution in [0.1, 0.15) is 5.82 Å². The first-order valence-electron chi connectivity index (χ1n) is 5.81. The average Bonchev–Trinajstić information content (AvgIpc) is 2.82. The highest BCUT2D eigenvalue weighted by Crippen LogP contribution is 2.17. The normalized spacial score (nSPS) is 12.0. The molecule has 0 unspecified atom stereocenters. The Hall–Kier alpha value is -1.64. The third kappa shape index (κ3) is 7.96. The van der Waals surface area contributed by atoms with E-state index in [4.69, 9.17) is 16.6 Å². The summed E-state index contributed by atoms with van der Waals surface area (Å²) in [5.74, 6) is 1.92. The van der Waals surface area contributed by atoms with Crippen molar-refractivity contribution in [3.63, 3.8) is 0 Å². The van der Waals surface area contributed by atoms with Crippen molar-refractivity contribution in [2.24, 2.45) is 26.6 Å². The van der Waals surface area contributed by atoms with Crippen LogP contribution in [0.5, 0.6) is 0 Å². The van der Waals surface area contributed by atoms with E-state index >= 15 is 0 Å². The number of rotatable bonds is 7. The summed E-state index contributed by atoms with van der Waals surface area (Å²) in [6.07, 6.45) is 0. The van der Waals surface area contributed by atoms with E-state index in [0.29, 0.717) is 29.0 Å². The van der Waals surface area contributed by atoms with Crippen LogP contribution in [-0.4, -0.2) is 49.0 Å². The van der Waals surface area contributed by atoms with Crippen molar-refractivity contribution in [3.8, 4) is 0 Å². The minimum absolute atomic E-state index is 0.0618. The number of aromatic nitrogens is 2. The Balaban J connectivity index is 2.28. The zero-order chi connectivity index (χ0) is 16.6. The first-order chi connectivity index (χ1) is 10.3. The van der Waals surface area contributed by atoms with Gasteiger partial charge in [-0.25, -0.2) is 14.8 Å². The molecule has 0 atom stereocenters. The molecule has 0 saturated carbocycles. The smallest absolute Gasteiger partial charge is 0.298 e. The highest BCUT2D eigenvalue weighted by Gasteiger charge is 2.06. The minimum atomic E-state index is -3.83. The molecule has 1 rings (SSSR count). The van der Waals surface area contributed by atoms with E-state index in [1.807, 2.05) is 0 Å². The molecule has 0 fully saturated rings. The van der Waals surface area contributed by atoms with E-state index in [-0.39, 0.29) is 11.9 Å². The van der Waals surface area contributed by atoms with Gasteiger partial charge in [0.1, 0.15) is 0 Å². The second-order valence-corrected chi connectivity index (χ2v) is 6.86. The van der Waals surface area contributed by atoms with Crippen LogP contribution in [0.3, 0.4) is 0 Å². The number of nitrogens with zero attached hydrogens (tertiary/aromatic N) is 4. The van der Waals surface area contributed by atoms with Gasteiger partial charge in [0, 0.05) is 30.9 Å². The van der Waals surface area contributed by atoms with Crippen LogP contribution < -0.4 is 26.6 Å². The van der Waals surface area contributed by atoms with Gasteiger partial charge in [-0.1, -0.05) is 0 Å². The van der Waals surface area contributed by atoms with Gasteiger partial charge in [-0.2, -0.15) is 29.5 Å². The van der Waals surface area contributed by atoms with Crippen molar-refractivity contribution in [2.45, 2.75) is 5.75 Å². The SMILES string of the molecule is CN=C(NCCSCc1nsc(N=C(N)N)n1)NS(N)(=O)=O. The van der Waals surface area contributed by atoms with Crippen molar-refractivity contribution in [1.82, 2.24) is 19.4 Å². The number of hydrogen-bond acceptors (Lipinski definition) is 8. The highest BCUT2D eigenvalue weighted by atomic mass is 32.2. The van der Waals surface area contributed by atoms with Crippen LogP contribution in [0.25, 0.3) is 0 Å². The predicted molar refractivity (Wildman–Crippen MR) is 89.1 cm³/mol. The lowest BCUT2D eigenvalue weighted by molar-refractivity contribution is 0.593. The summed E-state index contributed by atoms with van der Waals surface area (Å²) in [6.45, 7) is 0.491. The second kappa shape index (κ2) is 8.72. The summed E-state index contributed by atoms with van der Waals surface area (Å²) in [6, 6.07) is 0. The molecule has 0 aliphatic carbocycles. The third-order valence-electron chi connectivity index (χ3n) is 1.91. The predicted octanol–water partition coefficient (Wildman–Crippen LogP) is -1.96. The number of aliphatic imine (C=N–C) groups is 2. The summed E-state index contributed by atoms with van der Waals surface area (Å²) in [7, 11) is -2.39. The molecule has 0 amide bonds. The van der Waals surface area contributed by atoms with Crippen LogP contribution in [-0.2, 0) is 16.0 Å². The molecule has 14 heteroatoms. The maximum absolute atomic E-state index is 10.8. The molecule has 0 aromatic carbocycles. The van der Waals surface area contributed by atoms with Gasteiger partial charge in [0.15, 0.2) is 11.8 Å². The Kier molecular flexibility index (Phi) is 7.30. The Morgan fingerprint density at radius 1 is 1.45 bits per heavy atom. The van der Waals surface area contributed by atoms with Gasteiger partial charge in [0.2, 0.25) is 11.1 Å². The largest absolute Gasteiger partial charge is 0.370 e. The average molecular weight is 367 g/mol. The van der Waals surface area contributed by atoms with E-state index in [0.717, 1.165) is 11.5 Å². The zero-order valence-electron chi connectivity index (χ0n) is 11.7. The van der Waals surface area contributed by atoms with Crippen molar-refractivity contribution in [1.29, 1.82) is 0 Å². The molecule has 0 aliphatic rings. The summed E-state index contributed by atoms with van der Waals surface area (Å²) in [4.78, 5) is 11.7. The molecule has 124 valence electrons. The highest BCUT2D eigenvalue weighted by molar-refractivity contribution is 7.98. The molecular formula is C8H17N9O2S3. The molecule has 1 aromatic heterocycles. The van der Waals surface area contributed by atoms with E-state index in [2.05, 4.69) is 29.4 Å². The van der Waals surface area contributed by atoms with Gasteiger partial charge in [0.25, 0.3) is 10.2 Å². The topological polar surface area (TPSA) is 187 Å². The van der Waals surface area contributed by atoms with Crippen LogP contribution >= 0.6 is 23.3 Å². The number of thioether (sulfide) groups is 1. The van der Waals surface area contributed by atoms with Gasteiger partial charge in [-0.05, 0) is 0 Å². The van der Waals surface area contributed by atoms with Gasteiger partial charge in [-0.3, -0.25) is 4.99 Å². The molecule has 11 nitrogen and oxygen atoms in total. The van der Waals surface area contributed by atoms with E-state index in [1.165, 1.54) is 7.05 Å². The van der Waals surface area contributed by atoms with Crippen LogP contribution in [0.4, 0.5) is 5.13 Å². The van der Waals surface area contributed by atoms with Crippen molar-refractivity contribution < 1.29 is 8.42 Å².